The molecular formula is C9H19ClN2O. The molecule has 1 heterocycles. The fraction of sp³-hybridized carbons (Fsp3) is 0.889. The Labute approximate surface area is 86.1 Å². The van der Waals surface area contributed by atoms with E-state index < -0.39 is 0 Å². The second kappa shape index (κ2) is 6.22. The first kappa shape index (κ1) is 12.7. The van der Waals surface area contributed by atoms with E-state index in [2.05, 4.69) is 10.6 Å². The van der Waals surface area contributed by atoms with Gasteiger partial charge >= 0.3 is 0 Å². The van der Waals surface area contributed by atoms with Crippen molar-refractivity contribution in [1.82, 2.24) is 10.6 Å². The Morgan fingerprint density at radius 2 is 2.23 bits per heavy atom. The van der Waals surface area contributed by atoms with Crippen LogP contribution >= 0.6 is 12.4 Å². The molecule has 1 saturated heterocycles. The number of carbonyl (C=O) groups is 1. The SMILES string of the molecule is CC(C)NC(=O)[C@H]1CCCNC1.Cl. The summed E-state index contributed by atoms with van der Waals surface area (Å²) in [6.07, 6.45) is 2.15. The summed E-state index contributed by atoms with van der Waals surface area (Å²) < 4.78 is 0. The fourth-order valence-electron chi connectivity index (χ4n) is 1.48. The van der Waals surface area contributed by atoms with E-state index in [0.29, 0.717) is 0 Å². The highest BCUT2D eigenvalue weighted by Crippen LogP contribution is 2.09. The molecule has 1 fully saturated rings. The van der Waals surface area contributed by atoms with Crippen molar-refractivity contribution < 1.29 is 4.79 Å². The molecule has 0 spiro atoms. The Morgan fingerprint density at radius 1 is 1.54 bits per heavy atom. The van der Waals surface area contributed by atoms with Gasteiger partial charge in [0, 0.05) is 12.6 Å². The van der Waals surface area contributed by atoms with Crippen LogP contribution in [0.1, 0.15) is 26.7 Å². The van der Waals surface area contributed by atoms with Crippen molar-refractivity contribution in [3.05, 3.63) is 0 Å². The topological polar surface area (TPSA) is 41.1 Å². The number of amides is 1. The quantitative estimate of drug-likeness (QED) is 0.706. The van der Waals surface area contributed by atoms with Crippen LogP contribution < -0.4 is 10.6 Å². The lowest BCUT2D eigenvalue weighted by Crippen LogP contribution is -2.42. The zero-order valence-corrected chi connectivity index (χ0v) is 9.12. The number of halogens is 1. The molecule has 0 aromatic rings. The average Bonchev–Trinajstić information content (AvgIpc) is 2.05. The van der Waals surface area contributed by atoms with Gasteiger partial charge in [0.25, 0.3) is 0 Å². The van der Waals surface area contributed by atoms with Crippen LogP contribution in [-0.2, 0) is 4.79 Å². The first-order chi connectivity index (χ1) is 5.70. The minimum absolute atomic E-state index is 0. The minimum Gasteiger partial charge on any atom is -0.354 e. The van der Waals surface area contributed by atoms with Gasteiger partial charge in [0.05, 0.1) is 5.92 Å². The Morgan fingerprint density at radius 3 is 2.69 bits per heavy atom. The lowest BCUT2D eigenvalue weighted by molar-refractivity contribution is -0.125. The van der Waals surface area contributed by atoms with Gasteiger partial charge in [-0.3, -0.25) is 4.79 Å². The van der Waals surface area contributed by atoms with Gasteiger partial charge in [-0.25, -0.2) is 0 Å². The summed E-state index contributed by atoms with van der Waals surface area (Å²) in [7, 11) is 0. The predicted octanol–water partition coefficient (Wildman–Crippen LogP) is 0.932. The van der Waals surface area contributed by atoms with Crippen LogP contribution in [0, 0.1) is 5.92 Å². The molecule has 4 heteroatoms. The summed E-state index contributed by atoms with van der Waals surface area (Å²) in [6.45, 7) is 5.90. The van der Waals surface area contributed by atoms with Gasteiger partial charge in [-0.05, 0) is 33.2 Å². The highest BCUT2D eigenvalue weighted by molar-refractivity contribution is 5.85. The number of carbonyl (C=O) groups excluding carboxylic acids is 1. The van der Waals surface area contributed by atoms with E-state index in [1.165, 1.54) is 0 Å². The number of hydrogen-bond donors (Lipinski definition) is 2. The molecule has 78 valence electrons. The molecule has 1 atom stereocenters. The first-order valence-corrected chi connectivity index (χ1v) is 4.71. The Hall–Kier alpha value is -0.280. The second-order valence-corrected chi connectivity index (χ2v) is 3.71. The second-order valence-electron chi connectivity index (χ2n) is 3.71. The molecule has 1 amide bonds. The maximum Gasteiger partial charge on any atom is 0.224 e. The lowest BCUT2D eigenvalue weighted by atomic mass is 9.98. The number of hydrogen-bond acceptors (Lipinski definition) is 2. The Balaban J connectivity index is 0.00000144. The zero-order chi connectivity index (χ0) is 8.97. The van der Waals surface area contributed by atoms with Gasteiger partial charge in [0.15, 0.2) is 0 Å². The first-order valence-electron chi connectivity index (χ1n) is 4.71. The van der Waals surface area contributed by atoms with E-state index in [9.17, 15) is 4.79 Å². The molecule has 1 aliphatic rings. The summed E-state index contributed by atoms with van der Waals surface area (Å²) in [5, 5.41) is 6.16. The molecule has 0 bridgehead atoms. The third-order valence-electron chi connectivity index (χ3n) is 2.10. The molecule has 13 heavy (non-hydrogen) atoms. The van der Waals surface area contributed by atoms with Gasteiger partial charge in [-0.2, -0.15) is 0 Å². The van der Waals surface area contributed by atoms with E-state index >= 15 is 0 Å². The lowest BCUT2D eigenvalue weighted by Gasteiger charge is -2.22. The predicted molar refractivity (Wildman–Crippen MR) is 56.1 cm³/mol. The van der Waals surface area contributed by atoms with Crippen molar-refractivity contribution >= 4 is 18.3 Å². The van der Waals surface area contributed by atoms with Crippen LogP contribution in [0.15, 0.2) is 0 Å². The highest BCUT2D eigenvalue weighted by Gasteiger charge is 2.20. The fourth-order valence-corrected chi connectivity index (χ4v) is 1.48. The van der Waals surface area contributed by atoms with Crippen LogP contribution in [0.5, 0.6) is 0 Å². The molecule has 0 aliphatic carbocycles. The van der Waals surface area contributed by atoms with Gasteiger partial charge in [-0.15, -0.1) is 12.4 Å². The van der Waals surface area contributed by atoms with Gasteiger partial charge in [0.1, 0.15) is 0 Å². The van der Waals surface area contributed by atoms with Crippen molar-refractivity contribution in [3.63, 3.8) is 0 Å². The number of nitrogens with one attached hydrogen (secondary N) is 2. The summed E-state index contributed by atoms with van der Waals surface area (Å²) in [6, 6.07) is 0.263. The molecule has 1 aliphatic heterocycles. The van der Waals surface area contributed by atoms with Crippen molar-refractivity contribution in [3.8, 4) is 0 Å². The molecular weight excluding hydrogens is 188 g/mol. The zero-order valence-electron chi connectivity index (χ0n) is 8.30. The summed E-state index contributed by atoms with van der Waals surface area (Å²) in [5.74, 6) is 0.401. The van der Waals surface area contributed by atoms with Crippen molar-refractivity contribution in [1.29, 1.82) is 0 Å². The smallest absolute Gasteiger partial charge is 0.224 e. The third-order valence-corrected chi connectivity index (χ3v) is 2.10. The summed E-state index contributed by atoms with van der Waals surface area (Å²) in [5.41, 5.74) is 0. The minimum atomic E-state index is 0. The van der Waals surface area contributed by atoms with Crippen LogP contribution in [0.4, 0.5) is 0 Å². The van der Waals surface area contributed by atoms with Gasteiger partial charge in [-0.1, -0.05) is 0 Å². The van der Waals surface area contributed by atoms with Gasteiger partial charge < -0.3 is 10.6 Å². The normalized spacial score (nSPS) is 22.2. The molecule has 0 saturated carbocycles. The van der Waals surface area contributed by atoms with Gasteiger partial charge in [0.2, 0.25) is 5.91 Å². The van der Waals surface area contributed by atoms with E-state index in [1.54, 1.807) is 0 Å². The van der Waals surface area contributed by atoms with E-state index in [0.717, 1.165) is 25.9 Å². The third kappa shape index (κ3) is 4.48. The largest absolute Gasteiger partial charge is 0.354 e. The number of rotatable bonds is 2. The standard InChI is InChI=1S/C9H18N2O.ClH/c1-7(2)11-9(12)8-4-3-5-10-6-8;/h7-8,10H,3-6H2,1-2H3,(H,11,12);1H/t8-;/m0./s1. The molecule has 3 nitrogen and oxygen atoms in total. The molecule has 0 aromatic carbocycles. The van der Waals surface area contributed by atoms with E-state index in [4.69, 9.17) is 0 Å². The monoisotopic (exact) mass is 206 g/mol. The van der Waals surface area contributed by atoms with E-state index in [1.807, 2.05) is 13.8 Å². The summed E-state index contributed by atoms with van der Waals surface area (Å²) in [4.78, 5) is 11.5. The van der Waals surface area contributed by atoms with Crippen LogP contribution in [0.3, 0.4) is 0 Å². The Kier molecular flexibility index (Phi) is 6.08. The van der Waals surface area contributed by atoms with Crippen molar-refractivity contribution in [2.75, 3.05) is 13.1 Å². The average molecular weight is 207 g/mol. The molecule has 0 unspecified atom stereocenters. The van der Waals surface area contributed by atoms with Crippen LogP contribution in [-0.4, -0.2) is 25.0 Å². The number of piperidine rings is 1. The molecule has 0 aromatic heterocycles. The molecule has 2 N–H and O–H groups in total. The molecule has 1 rings (SSSR count). The summed E-state index contributed by atoms with van der Waals surface area (Å²) >= 11 is 0. The molecule has 0 radical (unpaired) electrons. The van der Waals surface area contributed by atoms with Crippen molar-refractivity contribution in [2.45, 2.75) is 32.7 Å². The maximum absolute atomic E-state index is 11.5. The Bertz CT molecular complexity index is 156. The van der Waals surface area contributed by atoms with E-state index in [-0.39, 0.29) is 30.3 Å². The van der Waals surface area contributed by atoms with Crippen LogP contribution in [0.25, 0.3) is 0 Å². The highest BCUT2D eigenvalue weighted by atomic mass is 35.5. The van der Waals surface area contributed by atoms with Crippen molar-refractivity contribution in [2.24, 2.45) is 5.92 Å². The van der Waals surface area contributed by atoms with Crippen LogP contribution in [0.2, 0.25) is 0 Å². The maximum atomic E-state index is 11.5.